The second kappa shape index (κ2) is 15.8. The minimum Gasteiger partial charge on any atom is -0.352 e. The summed E-state index contributed by atoms with van der Waals surface area (Å²) in [5.74, 6) is -0.870. The van der Waals surface area contributed by atoms with Crippen LogP contribution in [0.4, 0.5) is 5.69 Å². The van der Waals surface area contributed by atoms with Crippen molar-refractivity contribution < 1.29 is 18.0 Å². The Morgan fingerprint density at radius 3 is 2.02 bits per heavy atom. The highest BCUT2D eigenvalue weighted by atomic mass is 35.5. The summed E-state index contributed by atoms with van der Waals surface area (Å²) in [6, 6.07) is 28.6. The van der Waals surface area contributed by atoms with Crippen molar-refractivity contribution in [1.29, 1.82) is 0 Å². The van der Waals surface area contributed by atoms with Gasteiger partial charge in [0.05, 0.1) is 10.6 Å². The predicted molar refractivity (Wildman–Crippen MR) is 188 cm³/mol. The molecule has 4 aromatic rings. The molecule has 1 atom stereocenters. The largest absolute Gasteiger partial charge is 0.352 e. The third kappa shape index (κ3) is 8.74. The number of benzene rings is 4. The molecule has 0 radical (unpaired) electrons. The molecule has 7 nitrogen and oxygen atoms in total. The lowest BCUT2D eigenvalue weighted by Crippen LogP contribution is -2.55. The van der Waals surface area contributed by atoms with Gasteiger partial charge in [0.15, 0.2) is 0 Å². The first-order valence-corrected chi connectivity index (χ1v) is 18.0. The molecule has 4 aromatic carbocycles. The number of hydrogen-bond acceptors (Lipinski definition) is 4. The normalized spacial score (nSPS) is 14.3. The summed E-state index contributed by atoms with van der Waals surface area (Å²) in [7, 11) is -4.18. The molecule has 0 unspecified atom stereocenters. The molecule has 0 aliphatic heterocycles. The van der Waals surface area contributed by atoms with Gasteiger partial charge in [-0.2, -0.15) is 0 Å². The van der Waals surface area contributed by atoms with Crippen LogP contribution in [0.5, 0.6) is 0 Å². The van der Waals surface area contributed by atoms with Gasteiger partial charge in [-0.1, -0.05) is 115 Å². The van der Waals surface area contributed by atoms with Crippen LogP contribution in [-0.2, 0) is 32.6 Å². The molecule has 1 aliphatic carbocycles. The third-order valence-corrected chi connectivity index (χ3v) is 11.0. The van der Waals surface area contributed by atoms with E-state index >= 15 is 0 Å². The molecule has 47 heavy (non-hydrogen) atoms. The molecule has 0 bridgehead atoms. The van der Waals surface area contributed by atoms with Crippen LogP contribution in [-0.4, -0.2) is 43.8 Å². The second-order valence-electron chi connectivity index (χ2n) is 11.9. The molecule has 2 amide bonds. The first kappa shape index (κ1) is 34.5. The Kier molecular flexibility index (Phi) is 11.6. The number of carbonyl (C=O) groups is 2. The zero-order valence-corrected chi connectivity index (χ0v) is 28.6. The average molecular weight is 693 g/mol. The first-order valence-electron chi connectivity index (χ1n) is 15.8. The maximum absolute atomic E-state index is 14.7. The van der Waals surface area contributed by atoms with Gasteiger partial charge in [-0.05, 0) is 61.7 Å². The maximum atomic E-state index is 14.7. The van der Waals surface area contributed by atoms with Crippen molar-refractivity contribution >= 4 is 50.7 Å². The van der Waals surface area contributed by atoms with Gasteiger partial charge in [0.1, 0.15) is 12.6 Å². The number of nitrogens with zero attached hydrogens (tertiary/aromatic N) is 2. The molecule has 5 rings (SSSR count). The van der Waals surface area contributed by atoms with E-state index in [1.54, 1.807) is 60.7 Å². The number of hydrogen-bond donors (Lipinski definition) is 1. The summed E-state index contributed by atoms with van der Waals surface area (Å²) in [6.07, 6.45) is 5.11. The van der Waals surface area contributed by atoms with Crippen LogP contribution in [0.3, 0.4) is 0 Å². The van der Waals surface area contributed by atoms with Crippen LogP contribution in [0, 0.1) is 6.92 Å². The number of carbonyl (C=O) groups excluding carboxylic acids is 2. The van der Waals surface area contributed by atoms with E-state index in [0.717, 1.165) is 47.5 Å². The van der Waals surface area contributed by atoms with E-state index in [-0.39, 0.29) is 29.8 Å². The molecular formula is C37H39Cl2N3O4S. The zero-order chi connectivity index (χ0) is 33.4. The van der Waals surface area contributed by atoms with Crippen molar-refractivity contribution in [1.82, 2.24) is 10.2 Å². The predicted octanol–water partition coefficient (Wildman–Crippen LogP) is 7.59. The smallest absolute Gasteiger partial charge is 0.264 e. The van der Waals surface area contributed by atoms with Gasteiger partial charge in [-0.15, -0.1) is 0 Å². The molecule has 0 spiro atoms. The van der Waals surface area contributed by atoms with E-state index < -0.39 is 28.5 Å². The van der Waals surface area contributed by atoms with Crippen molar-refractivity contribution in [2.45, 2.75) is 69.0 Å². The highest BCUT2D eigenvalue weighted by Gasteiger charge is 2.36. The van der Waals surface area contributed by atoms with Gasteiger partial charge in [0.25, 0.3) is 10.0 Å². The molecule has 10 heteroatoms. The molecule has 1 saturated carbocycles. The molecule has 1 aliphatic rings. The van der Waals surface area contributed by atoms with Crippen LogP contribution in [0.15, 0.2) is 108 Å². The van der Waals surface area contributed by atoms with E-state index in [1.807, 2.05) is 37.3 Å². The molecule has 246 valence electrons. The van der Waals surface area contributed by atoms with E-state index in [9.17, 15) is 18.0 Å². The number of amides is 2. The SMILES string of the molecule is Cc1ccc(S(=O)(=O)N(CC(=O)N(Cc2c(Cl)cccc2Cl)[C@@H](Cc2ccccc2)C(=O)NC2CCCCC2)c2ccccc2)cc1. The van der Waals surface area contributed by atoms with Crippen LogP contribution >= 0.6 is 23.2 Å². The van der Waals surface area contributed by atoms with E-state index in [2.05, 4.69) is 5.32 Å². The number of rotatable bonds is 12. The number of para-hydroxylation sites is 1. The third-order valence-electron chi connectivity index (χ3n) is 8.54. The first-order chi connectivity index (χ1) is 22.6. The fourth-order valence-corrected chi connectivity index (χ4v) is 7.84. The van der Waals surface area contributed by atoms with Crippen molar-refractivity contribution in [3.05, 3.63) is 130 Å². The number of anilines is 1. The number of halogens is 2. The van der Waals surface area contributed by atoms with E-state index in [4.69, 9.17) is 23.2 Å². The van der Waals surface area contributed by atoms with Crippen molar-refractivity contribution in [2.75, 3.05) is 10.8 Å². The monoisotopic (exact) mass is 691 g/mol. The van der Waals surface area contributed by atoms with E-state index in [1.165, 1.54) is 17.0 Å². The molecule has 1 N–H and O–H groups in total. The Morgan fingerprint density at radius 1 is 0.809 bits per heavy atom. The van der Waals surface area contributed by atoms with Gasteiger partial charge in [-0.3, -0.25) is 13.9 Å². The van der Waals surface area contributed by atoms with Gasteiger partial charge in [0, 0.05) is 34.6 Å². The molecular weight excluding hydrogens is 653 g/mol. The zero-order valence-electron chi connectivity index (χ0n) is 26.3. The highest BCUT2D eigenvalue weighted by molar-refractivity contribution is 7.92. The second-order valence-corrected chi connectivity index (χ2v) is 14.6. The Balaban J connectivity index is 1.58. The van der Waals surface area contributed by atoms with Crippen molar-refractivity contribution in [3.8, 4) is 0 Å². The fourth-order valence-electron chi connectivity index (χ4n) is 5.91. The van der Waals surface area contributed by atoms with Gasteiger partial charge >= 0.3 is 0 Å². The summed E-state index contributed by atoms with van der Waals surface area (Å²) >= 11 is 13.2. The maximum Gasteiger partial charge on any atom is 0.264 e. The Hall–Kier alpha value is -3.85. The van der Waals surface area contributed by atoms with Gasteiger partial charge in [-0.25, -0.2) is 8.42 Å². The summed E-state index contributed by atoms with van der Waals surface area (Å²) in [5, 5.41) is 3.89. The summed E-state index contributed by atoms with van der Waals surface area (Å²) < 4.78 is 29.4. The average Bonchev–Trinajstić information content (AvgIpc) is 3.07. The summed E-state index contributed by atoms with van der Waals surface area (Å²) in [4.78, 5) is 30.4. The van der Waals surface area contributed by atoms with Crippen LogP contribution in [0.2, 0.25) is 10.0 Å². The molecule has 0 heterocycles. The quantitative estimate of drug-likeness (QED) is 0.166. The number of nitrogens with one attached hydrogen (secondary N) is 1. The van der Waals surface area contributed by atoms with Crippen LogP contribution < -0.4 is 9.62 Å². The lowest BCUT2D eigenvalue weighted by molar-refractivity contribution is -0.140. The molecule has 0 aromatic heterocycles. The van der Waals surface area contributed by atoms with Crippen LogP contribution in [0.1, 0.15) is 48.8 Å². The standard InChI is InChI=1S/C37H39Cl2N3O4S/c1-27-20-22-31(23-21-27)47(45,46)42(30-16-9-4-10-17-30)26-36(43)41(25-32-33(38)18-11-19-34(32)39)35(24-28-12-5-2-6-13-28)37(44)40-29-14-7-3-8-15-29/h2,4-6,9-13,16-23,29,35H,3,7-8,14-15,24-26H2,1H3,(H,40,44)/t35-/m0/s1. The number of aryl methyl sites for hydroxylation is 1. The van der Waals surface area contributed by atoms with Crippen molar-refractivity contribution in [2.24, 2.45) is 0 Å². The minimum atomic E-state index is -4.18. The van der Waals surface area contributed by atoms with Gasteiger partial charge < -0.3 is 10.2 Å². The fraction of sp³-hybridized carbons (Fsp3) is 0.297. The Morgan fingerprint density at radius 2 is 1.40 bits per heavy atom. The van der Waals surface area contributed by atoms with E-state index in [0.29, 0.717) is 21.3 Å². The Labute approximate surface area is 287 Å². The van der Waals surface area contributed by atoms with Gasteiger partial charge in [0.2, 0.25) is 11.8 Å². The topological polar surface area (TPSA) is 86.8 Å². The highest BCUT2D eigenvalue weighted by Crippen LogP contribution is 2.29. The Bertz CT molecular complexity index is 1740. The number of sulfonamides is 1. The van der Waals surface area contributed by atoms with Crippen LogP contribution in [0.25, 0.3) is 0 Å². The molecule has 0 saturated heterocycles. The lowest BCUT2D eigenvalue weighted by Gasteiger charge is -2.35. The molecule has 1 fully saturated rings. The summed E-state index contributed by atoms with van der Waals surface area (Å²) in [5.41, 5.74) is 2.55. The summed E-state index contributed by atoms with van der Waals surface area (Å²) in [6.45, 7) is 1.22. The minimum absolute atomic E-state index is 0.00175. The lowest BCUT2D eigenvalue weighted by atomic mass is 9.94. The van der Waals surface area contributed by atoms with Crippen molar-refractivity contribution in [3.63, 3.8) is 0 Å².